The molecule has 0 amide bonds. The lowest BCUT2D eigenvalue weighted by Gasteiger charge is -2.15. The van der Waals surface area contributed by atoms with Crippen molar-refractivity contribution in [1.82, 2.24) is 14.3 Å². The molecule has 160 valence electrons. The molecular formula is C24H22F3N3S. The van der Waals surface area contributed by atoms with E-state index >= 15 is 0 Å². The van der Waals surface area contributed by atoms with Crippen LogP contribution in [0.5, 0.6) is 0 Å². The number of aryl methyl sites for hydroxylation is 1. The number of nitrogens with zero attached hydrogens (tertiary/aromatic N) is 2. The van der Waals surface area contributed by atoms with Gasteiger partial charge in [-0.25, -0.2) is 9.71 Å². The molecule has 0 aliphatic carbocycles. The highest BCUT2D eigenvalue weighted by Crippen LogP contribution is 2.33. The SMILES string of the molecule is CCn1c([C@@H](C)NSc2ccc(-c3ccccc3)cc2)nc2ccc(C(F)(F)F)cc21. The largest absolute Gasteiger partial charge is 0.416 e. The monoisotopic (exact) mass is 441 g/mol. The molecule has 1 aromatic heterocycles. The van der Waals surface area contributed by atoms with Gasteiger partial charge in [0.1, 0.15) is 5.82 Å². The molecule has 1 heterocycles. The Balaban J connectivity index is 1.51. The van der Waals surface area contributed by atoms with Crippen molar-refractivity contribution >= 4 is 23.0 Å². The summed E-state index contributed by atoms with van der Waals surface area (Å²) >= 11 is 1.48. The zero-order valence-electron chi connectivity index (χ0n) is 17.1. The third-order valence-electron chi connectivity index (χ3n) is 5.12. The zero-order chi connectivity index (χ0) is 22.0. The molecular weight excluding hydrogens is 419 g/mol. The normalized spacial score (nSPS) is 12.9. The molecule has 0 fully saturated rings. The van der Waals surface area contributed by atoms with Gasteiger partial charge in [-0.15, -0.1) is 0 Å². The maximum absolute atomic E-state index is 13.1. The summed E-state index contributed by atoms with van der Waals surface area (Å²) in [5.74, 6) is 0.713. The zero-order valence-corrected chi connectivity index (χ0v) is 18.0. The van der Waals surface area contributed by atoms with Crippen LogP contribution in [0.2, 0.25) is 0 Å². The average molecular weight is 442 g/mol. The molecule has 3 nitrogen and oxygen atoms in total. The number of halogens is 3. The predicted octanol–water partition coefficient (Wildman–Crippen LogP) is 7.10. The van der Waals surface area contributed by atoms with Gasteiger partial charge in [-0.3, -0.25) is 0 Å². The minimum Gasteiger partial charge on any atom is -0.327 e. The van der Waals surface area contributed by atoms with Crippen molar-refractivity contribution in [2.24, 2.45) is 0 Å². The van der Waals surface area contributed by atoms with E-state index in [2.05, 4.69) is 34.0 Å². The first-order valence-corrected chi connectivity index (χ1v) is 10.8. The number of rotatable bonds is 6. The van der Waals surface area contributed by atoms with Crippen molar-refractivity contribution in [1.29, 1.82) is 0 Å². The summed E-state index contributed by atoms with van der Waals surface area (Å²) in [4.78, 5) is 5.64. The molecule has 4 rings (SSSR count). The van der Waals surface area contributed by atoms with Crippen LogP contribution in [-0.4, -0.2) is 9.55 Å². The highest BCUT2D eigenvalue weighted by atomic mass is 32.2. The number of fused-ring (bicyclic) bond motifs is 1. The van der Waals surface area contributed by atoms with Gasteiger partial charge in [0.25, 0.3) is 0 Å². The molecule has 0 saturated heterocycles. The van der Waals surface area contributed by atoms with Crippen molar-refractivity contribution < 1.29 is 13.2 Å². The van der Waals surface area contributed by atoms with Gasteiger partial charge < -0.3 is 4.57 Å². The van der Waals surface area contributed by atoms with E-state index in [0.717, 1.165) is 22.1 Å². The number of nitrogens with one attached hydrogen (secondary N) is 1. The topological polar surface area (TPSA) is 29.9 Å². The van der Waals surface area contributed by atoms with Gasteiger partial charge in [0.05, 0.1) is 22.6 Å². The maximum Gasteiger partial charge on any atom is 0.416 e. The van der Waals surface area contributed by atoms with E-state index in [1.54, 1.807) is 0 Å². The fourth-order valence-electron chi connectivity index (χ4n) is 3.54. The molecule has 31 heavy (non-hydrogen) atoms. The van der Waals surface area contributed by atoms with Gasteiger partial charge in [0, 0.05) is 11.4 Å². The summed E-state index contributed by atoms with van der Waals surface area (Å²) < 4.78 is 44.6. The van der Waals surface area contributed by atoms with E-state index < -0.39 is 11.7 Å². The summed E-state index contributed by atoms with van der Waals surface area (Å²) in [6.45, 7) is 4.41. The summed E-state index contributed by atoms with van der Waals surface area (Å²) in [5, 5.41) is 0. The van der Waals surface area contributed by atoms with Crippen molar-refractivity contribution in [3.8, 4) is 11.1 Å². The fourth-order valence-corrected chi connectivity index (χ4v) is 4.23. The predicted molar refractivity (Wildman–Crippen MR) is 120 cm³/mol. The smallest absolute Gasteiger partial charge is 0.327 e. The number of benzene rings is 3. The van der Waals surface area contributed by atoms with Crippen molar-refractivity contribution in [2.75, 3.05) is 0 Å². The quantitative estimate of drug-likeness (QED) is 0.324. The molecule has 3 aromatic carbocycles. The van der Waals surface area contributed by atoms with Crippen LogP contribution in [-0.2, 0) is 12.7 Å². The van der Waals surface area contributed by atoms with Crippen LogP contribution >= 0.6 is 11.9 Å². The molecule has 4 aromatic rings. The second kappa shape index (κ2) is 8.77. The number of imidazole rings is 1. The summed E-state index contributed by atoms with van der Waals surface area (Å²) in [6, 6.07) is 22.0. The molecule has 0 bridgehead atoms. The first-order valence-electron chi connectivity index (χ1n) is 10.0. The Morgan fingerprint density at radius 3 is 2.29 bits per heavy atom. The fraction of sp³-hybridized carbons (Fsp3) is 0.208. The van der Waals surface area contributed by atoms with E-state index in [9.17, 15) is 13.2 Å². The molecule has 0 radical (unpaired) electrons. The van der Waals surface area contributed by atoms with Crippen LogP contribution in [0.4, 0.5) is 13.2 Å². The van der Waals surface area contributed by atoms with E-state index in [-0.39, 0.29) is 6.04 Å². The number of alkyl halides is 3. The lowest BCUT2D eigenvalue weighted by Crippen LogP contribution is -2.16. The van der Waals surface area contributed by atoms with Gasteiger partial charge in [-0.1, -0.05) is 42.5 Å². The van der Waals surface area contributed by atoms with Gasteiger partial charge in [0.2, 0.25) is 0 Å². The third kappa shape index (κ3) is 4.62. The van der Waals surface area contributed by atoms with E-state index in [4.69, 9.17) is 0 Å². The molecule has 7 heteroatoms. The van der Waals surface area contributed by atoms with Crippen LogP contribution in [0, 0.1) is 0 Å². The standard InChI is InChI=1S/C24H22F3N3S/c1-3-30-22-15-19(24(25,26)27)11-14-21(22)28-23(30)16(2)29-31-20-12-9-18(10-13-20)17-7-5-4-6-8-17/h4-16,29H,3H2,1-2H3/t16-/m1/s1. The lowest BCUT2D eigenvalue weighted by molar-refractivity contribution is -0.137. The molecule has 0 spiro atoms. The Morgan fingerprint density at radius 2 is 1.65 bits per heavy atom. The van der Waals surface area contributed by atoms with E-state index in [1.165, 1.54) is 24.1 Å². The molecule has 1 N–H and O–H groups in total. The lowest BCUT2D eigenvalue weighted by atomic mass is 10.1. The van der Waals surface area contributed by atoms with Crippen LogP contribution < -0.4 is 4.72 Å². The Kier molecular flexibility index (Phi) is 6.07. The van der Waals surface area contributed by atoms with Gasteiger partial charge in [-0.2, -0.15) is 13.2 Å². The van der Waals surface area contributed by atoms with E-state index in [0.29, 0.717) is 23.4 Å². The van der Waals surface area contributed by atoms with Crippen LogP contribution in [0.3, 0.4) is 0 Å². The van der Waals surface area contributed by atoms with Crippen molar-refractivity contribution in [3.05, 3.63) is 84.2 Å². The van der Waals surface area contributed by atoms with Crippen LogP contribution in [0.15, 0.2) is 77.7 Å². The highest BCUT2D eigenvalue weighted by molar-refractivity contribution is 7.97. The van der Waals surface area contributed by atoms with Crippen LogP contribution in [0.25, 0.3) is 22.2 Å². The van der Waals surface area contributed by atoms with Crippen molar-refractivity contribution in [2.45, 2.75) is 37.5 Å². The second-order valence-corrected chi connectivity index (χ2v) is 8.16. The number of hydrogen-bond donors (Lipinski definition) is 1. The Labute approximate surface area is 183 Å². The minimum absolute atomic E-state index is 0.152. The molecule has 0 saturated carbocycles. The van der Waals surface area contributed by atoms with Gasteiger partial charge in [-0.05, 0) is 67.3 Å². The number of hydrogen-bond acceptors (Lipinski definition) is 3. The third-order valence-corrected chi connectivity index (χ3v) is 6.10. The first kappa shape index (κ1) is 21.5. The number of aromatic nitrogens is 2. The Morgan fingerprint density at radius 1 is 0.968 bits per heavy atom. The molecule has 0 aliphatic heterocycles. The Bertz CT molecular complexity index is 1170. The highest BCUT2D eigenvalue weighted by Gasteiger charge is 2.31. The van der Waals surface area contributed by atoms with Gasteiger partial charge >= 0.3 is 6.18 Å². The summed E-state index contributed by atoms with van der Waals surface area (Å²) in [7, 11) is 0. The summed E-state index contributed by atoms with van der Waals surface area (Å²) in [5.41, 5.74) is 2.71. The molecule has 0 unspecified atom stereocenters. The van der Waals surface area contributed by atoms with Crippen LogP contribution in [0.1, 0.15) is 31.3 Å². The van der Waals surface area contributed by atoms with E-state index in [1.807, 2.05) is 48.7 Å². The first-order chi connectivity index (χ1) is 14.9. The second-order valence-electron chi connectivity index (χ2n) is 7.25. The maximum atomic E-state index is 13.1. The summed E-state index contributed by atoms with van der Waals surface area (Å²) in [6.07, 6.45) is -4.37. The molecule has 0 aliphatic rings. The molecule has 1 atom stereocenters. The average Bonchev–Trinajstić information content (AvgIpc) is 3.16. The minimum atomic E-state index is -4.37. The van der Waals surface area contributed by atoms with Crippen molar-refractivity contribution in [3.63, 3.8) is 0 Å². The van der Waals surface area contributed by atoms with Gasteiger partial charge in [0.15, 0.2) is 0 Å². The Hall–Kier alpha value is -2.77.